The van der Waals surface area contributed by atoms with Crippen LogP contribution in [0.3, 0.4) is 0 Å². The molecule has 2 N–H and O–H groups in total. The smallest absolute Gasteiger partial charge is 0.159 e. The molecule has 0 spiro atoms. The summed E-state index contributed by atoms with van der Waals surface area (Å²) in [6, 6.07) is 18.6. The summed E-state index contributed by atoms with van der Waals surface area (Å²) in [5.41, 5.74) is 10.9. The summed E-state index contributed by atoms with van der Waals surface area (Å²) in [6.45, 7) is 1.66. The fourth-order valence-corrected chi connectivity index (χ4v) is 3.55. The number of hydrogen-bond acceptors (Lipinski definition) is 3. The standard InChI is InChI=1S/C22H25N5/c1-26-19-13-7-6-12-18(19)25-22(26)21-20(17-10-4-2-5-11-17)24-16-27(21)15-9-3-8-14-23/h2,4-7,10-13,16H,3,8-9,14-15,23H2,1H3. The van der Waals surface area contributed by atoms with Gasteiger partial charge in [-0.3, -0.25) is 0 Å². The van der Waals surface area contributed by atoms with Gasteiger partial charge in [0.25, 0.3) is 0 Å². The summed E-state index contributed by atoms with van der Waals surface area (Å²) in [5, 5.41) is 0. The van der Waals surface area contributed by atoms with Gasteiger partial charge in [0.05, 0.1) is 23.1 Å². The summed E-state index contributed by atoms with van der Waals surface area (Å²) < 4.78 is 4.40. The highest BCUT2D eigenvalue weighted by Crippen LogP contribution is 2.32. The summed E-state index contributed by atoms with van der Waals surface area (Å²) in [4.78, 5) is 9.69. The van der Waals surface area contributed by atoms with E-state index in [0.717, 1.165) is 66.2 Å². The van der Waals surface area contributed by atoms with E-state index in [2.05, 4.69) is 46.5 Å². The number of rotatable bonds is 7. The molecule has 0 unspecified atom stereocenters. The Labute approximate surface area is 159 Å². The van der Waals surface area contributed by atoms with E-state index in [4.69, 9.17) is 15.7 Å². The van der Waals surface area contributed by atoms with Gasteiger partial charge in [-0.05, 0) is 31.5 Å². The predicted molar refractivity (Wildman–Crippen MR) is 110 cm³/mol. The maximum absolute atomic E-state index is 5.64. The van der Waals surface area contributed by atoms with Gasteiger partial charge in [-0.1, -0.05) is 48.9 Å². The van der Waals surface area contributed by atoms with Crippen LogP contribution in [0.25, 0.3) is 33.8 Å². The van der Waals surface area contributed by atoms with Crippen molar-refractivity contribution < 1.29 is 0 Å². The quantitative estimate of drug-likeness (QED) is 0.502. The van der Waals surface area contributed by atoms with Crippen LogP contribution in [0.1, 0.15) is 19.3 Å². The lowest BCUT2D eigenvalue weighted by Crippen LogP contribution is -2.05. The van der Waals surface area contributed by atoms with Crippen LogP contribution in [-0.2, 0) is 13.6 Å². The number of para-hydroxylation sites is 2. The molecular formula is C22H25N5. The van der Waals surface area contributed by atoms with E-state index < -0.39 is 0 Å². The molecule has 0 radical (unpaired) electrons. The summed E-state index contributed by atoms with van der Waals surface area (Å²) in [6.07, 6.45) is 5.21. The Kier molecular flexibility index (Phi) is 5.03. The third kappa shape index (κ3) is 3.38. The van der Waals surface area contributed by atoms with Gasteiger partial charge >= 0.3 is 0 Å². The molecule has 0 saturated carbocycles. The Bertz CT molecular complexity index is 1030. The first-order valence-corrected chi connectivity index (χ1v) is 9.52. The number of aryl methyl sites for hydroxylation is 2. The predicted octanol–water partition coefficient (Wildman–Crippen LogP) is 4.23. The molecule has 0 amide bonds. The number of hydrogen-bond donors (Lipinski definition) is 1. The number of aromatic nitrogens is 4. The Morgan fingerprint density at radius 2 is 1.70 bits per heavy atom. The van der Waals surface area contributed by atoms with E-state index in [1.54, 1.807) is 0 Å². The van der Waals surface area contributed by atoms with Crippen LogP contribution in [0.2, 0.25) is 0 Å². The van der Waals surface area contributed by atoms with Crippen molar-refractivity contribution in [2.75, 3.05) is 6.54 Å². The monoisotopic (exact) mass is 359 g/mol. The highest BCUT2D eigenvalue weighted by molar-refractivity contribution is 5.84. The largest absolute Gasteiger partial charge is 0.330 e. The summed E-state index contributed by atoms with van der Waals surface area (Å²) in [7, 11) is 2.07. The highest BCUT2D eigenvalue weighted by atomic mass is 15.1. The van der Waals surface area contributed by atoms with Gasteiger partial charge in [-0.25, -0.2) is 9.97 Å². The van der Waals surface area contributed by atoms with Crippen LogP contribution < -0.4 is 5.73 Å². The maximum atomic E-state index is 5.64. The normalized spacial score (nSPS) is 11.3. The lowest BCUT2D eigenvalue weighted by Gasteiger charge is -2.10. The number of imidazole rings is 2. The SMILES string of the molecule is Cn1c(-c2c(-c3ccccc3)ncn2CCCCCN)nc2ccccc21. The van der Waals surface area contributed by atoms with Gasteiger partial charge in [-0.15, -0.1) is 0 Å². The first-order valence-electron chi connectivity index (χ1n) is 9.52. The molecule has 138 valence electrons. The zero-order valence-corrected chi connectivity index (χ0v) is 15.7. The van der Waals surface area contributed by atoms with Crippen LogP contribution in [0.4, 0.5) is 0 Å². The second-order valence-corrected chi connectivity index (χ2v) is 6.83. The average molecular weight is 359 g/mol. The second-order valence-electron chi connectivity index (χ2n) is 6.83. The minimum Gasteiger partial charge on any atom is -0.330 e. The van der Waals surface area contributed by atoms with Crippen molar-refractivity contribution in [1.29, 1.82) is 0 Å². The van der Waals surface area contributed by atoms with Crippen LogP contribution in [-0.4, -0.2) is 25.6 Å². The summed E-state index contributed by atoms with van der Waals surface area (Å²) >= 11 is 0. The Balaban J connectivity index is 1.82. The Hall–Kier alpha value is -2.92. The van der Waals surface area contributed by atoms with Gasteiger partial charge in [-0.2, -0.15) is 0 Å². The van der Waals surface area contributed by atoms with Crippen molar-refractivity contribution in [2.45, 2.75) is 25.8 Å². The number of fused-ring (bicyclic) bond motifs is 1. The molecule has 4 rings (SSSR count). The molecule has 0 aliphatic carbocycles. The second kappa shape index (κ2) is 7.76. The van der Waals surface area contributed by atoms with E-state index in [1.165, 1.54) is 0 Å². The van der Waals surface area contributed by atoms with Crippen molar-refractivity contribution in [2.24, 2.45) is 12.8 Å². The van der Waals surface area contributed by atoms with E-state index >= 15 is 0 Å². The molecule has 0 bridgehead atoms. The van der Waals surface area contributed by atoms with Crippen LogP contribution in [0, 0.1) is 0 Å². The van der Waals surface area contributed by atoms with Crippen molar-refractivity contribution in [1.82, 2.24) is 19.1 Å². The van der Waals surface area contributed by atoms with Gasteiger partial charge < -0.3 is 14.9 Å². The molecule has 0 fully saturated rings. The topological polar surface area (TPSA) is 61.7 Å². The number of nitrogens with two attached hydrogens (primary N) is 1. The Morgan fingerprint density at radius 1 is 0.926 bits per heavy atom. The van der Waals surface area contributed by atoms with Crippen molar-refractivity contribution in [3.63, 3.8) is 0 Å². The number of benzene rings is 2. The lowest BCUT2D eigenvalue weighted by atomic mass is 10.1. The third-order valence-electron chi connectivity index (χ3n) is 4.99. The first-order chi connectivity index (χ1) is 13.3. The molecule has 4 aromatic rings. The molecule has 27 heavy (non-hydrogen) atoms. The molecule has 2 aromatic heterocycles. The summed E-state index contributed by atoms with van der Waals surface area (Å²) in [5.74, 6) is 0.950. The molecule has 0 saturated heterocycles. The van der Waals surface area contributed by atoms with Crippen LogP contribution >= 0.6 is 0 Å². The van der Waals surface area contributed by atoms with Crippen molar-refractivity contribution in [3.8, 4) is 22.8 Å². The molecule has 0 aliphatic heterocycles. The minimum absolute atomic E-state index is 0.747. The molecular weight excluding hydrogens is 334 g/mol. The van der Waals surface area contributed by atoms with E-state index in [0.29, 0.717) is 0 Å². The van der Waals surface area contributed by atoms with Crippen LogP contribution in [0.15, 0.2) is 60.9 Å². The van der Waals surface area contributed by atoms with Crippen molar-refractivity contribution >= 4 is 11.0 Å². The van der Waals surface area contributed by atoms with Crippen molar-refractivity contribution in [3.05, 3.63) is 60.9 Å². The minimum atomic E-state index is 0.747. The van der Waals surface area contributed by atoms with Gasteiger partial charge in [0.15, 0.2) is 5.82 Å². The fraction of sp³-hybridized carbons (Fsp3) is 0.273. The van der Waals surface area contributed by atoms with E-state index in [9.17, 15) is 0 Å². The molecule has 0 aliphatic rings. The van der Waals surface area contributed by atoms with Gasteiger partial charge in [0, 0.05) is 19.2 Å². The number of nitrogens with zero attached hydrogens (tertiary/aromatic N) is 4. The zero-order chi connectivity index (χ0) is 18.6. The van der Waals surface area contributed by atoms with Gasteiger partial charge in [0.1, 0.15) is 5.69 Å². The lowest BCUT2D eigenvalue weighted by molar-refractivity contribution is 0.592. The average Bonchev–Trinajstić information content (AvgIpc) is 3.27. The molecule has 0 atom stereocenters. The fourth-order valence-electron chi connectivity index (χ4n) is 3.55. The van der Waals surface area contributed by atoms with E-state index in [1.807, 2.05) is 30.6 Å². The molecule has 5 nitrogen and oxygen atoms in total. The van der Waals surface area contributed by atoms with E-state index in [-0.39, 0.29) is 0 Å². The van der Waals surface area contributed by atoms with Gasteiger partial charge in [0.2, 0.25) is 0 Å². The third-order valence-corrected chi connectivity index (χ3v) is 4.99. The number of unbranched alkanes of at least 4 members (excludes halogenated alkanes) is 2. The molecule has 5 heteroatoms. The zero-order valence-electron chi connectivity index (χ0n) is 15.7. The molecule has 2 heterocycles. The first kappa shape index (κ1) is 17.5. The Morgan fingerprint density at radius 3 is 2.48 bits per heavy atom. The van der Waals surface area contributed by atoms with Crippen LogP contribution in [0.5, 0.6) is 0 Å². The highest BCUT2D eigenvalue weighted by Gasteiger charge is 2.20. The molecule has 2 aromatic carbocycles. The maximum Gasteiger partial charge on any atom is 0.159 e.